The smallest absolute Gasteiger partial charge is 0.320 e. The minimum absolute atomic E-state index is 0.0400. The van der Waals surface area contributed by atoms with Crippen molar-refractivity contribution in [1.29, 1.82) is 0 Å². The maximum atomic E-state index is 13.7. The fraction of sp³-hybridized carbons (Fsp3) is 0.750. The molecule has 2 aromatic rings. The molecule has 1 amide bonds. The van der Waals surface area contributed by atoms with Crippen molar-refractivity contribution in [1.82, 2.24) is 34.2 Å². The normalized spacial score (nSPS) is 37.4. The van der Waals surface area contributed by atoms with Crippen molar-refractivity contribution < 1.29 is 29.3 Å². The monoisotopic (exact) mass is 748 g/mol. The molecule has 7 rings (SSSR count). The molecule has 2 aromatic heterocycles. The molecule has 5 fully saturated rings. The van der Waals surface area contributed by atoms with Crippen LogP contribution in [-0.4, -0.2) is 146 Å². The first-order valence-electron chi connectivity index (χ1n) is 19.9. The molecule has 5 aliphatic rings. The minimum Gasteiger partial charge on any atom is -0.458 e. The van der Waals surface area contributed by atoms with E-state index in [1.54, 1.807) is 18.7 Å². The Bertz CT molecular complexity index is 1780. The van der Waals surface area contributed by atoms with Gasteiger partial charge in [-0.2, -0.15) is 0 Å². The van der Waals surface area contributed by atoms with Gasteiger partial charge in [-0.1, -0.05) is 26.8 Å². The highest BCUT2D eigenvalue weighted by molar-refractivity contribution is 5.86. The van der Waals surface area contributed by atoms with E-state index in [-0.39, 0.29) is 30.6 Å². The zero-order chi connectivity index (χ0) is 38.8. The Hall–Kier alpha value is -3.46. The molecule has 3 saturated carbocycles. The van der Waals surface area contributed by atoms with Gasteiger partial charge in [-0.15, -0.1) is 6.58 Å². The minimum atomic E-state index is -1.09. The van der Waals surface area contributed by atoms with Gasteiger partial charge in [0, 0.05) is 81.4 Å². The third-order valence-electron chi connectivity index (χ3n) is 14.9. The summed E-state index contributed by atoms with van der Waals surface area (Å²) in [5.41, 5.74) is -1.92. The number of hydrogen-bond acceptors (Lipinski definition) is 12. The number of carbonyl (C=O) groups excluding carboxylic acids is 3. The number of esters is 1. The van der Waals surface area contributed by atoms with E-state index in [1.165, 1.54) is 0 Å². The van der Waals surface area contributed by atoms with Gasteiger partial charge in [0.15, 0.2) is 17.0 Å². The zero-order valence-electron chi connectivity index (χ0n) is 33.0. The molecule has 0 spiro atoms. The van der Waals surface area contributed by atoms with E-state index in [0.29, 0.717) is 70.9 Å². The molecule has 54 heavy (non-hydrogen) atoms. The predicted octanol–water partition coefficient (Wildman–Crippen LogP) is 2.52. The summed E-state index contributed by atoms with van der Waals surface area (Å²) in [4.78, 5) is 62.9. The van der Waals surface area contributed by atoms with E-state index in [4.69, 9.17) is 4.74 Å². The van der Waals surface area contributed by atoms with Gasteiger partial charge in [0.2, 0.25) is 5.91 Å². The van der Waals surface area contributed by atoms with Gasteiger partial charge in [-0.25, -0.2) is 15.0 Å². The fourth-order valence-electron chi connectivity index (χ4n) is 11.1. The lowest BCUT2D eigenvalue weighted by molar-refractivity contribution is -0.252. The molecule has 2 saturated heterocycles. The summed E-state index contributed by atoms with van der Waals surface area (Å²) in [6.45, 7) is 16.2. The van der Waals surface area contributed by atoms with Gasteiger partial charge in [0.1, 0.15) is 17.7 Å². The molecule has 2 N–H and O–H groups in total. The maximum Gasteiger partial charge on any atom is 0.320 e. The summed E-state index contributed by atoms with van der Waals surface area (Å²) in [6, 6.07) is 0.467. The second-order valence-corrected chi connectivity index (χ2v) is 17.8. The van der Waals surface area contributed by atoms with Crippen molar-refractivity contribution in [3.8, 4) is 0 Å². The number of likely N-dealkylation sites (N-methyl/N-ethyl adjacent to an activating group) is 1. The molecule has 296 valence electrons. The third kappa shape index (κ3) is 6.24. The van der Waals surface area contributed by atoms with Crippen molar-refractivity contribution in [3.05, 3.63) is 25.3 Å². The summed E-state index contributed by atoms with van der Waals surface area (Å²) in [5, 5.41) is 23.7. The van der Waals surface area contributed by atoms with Gasteiger partial charge >= 0.3 is 5.97 Å². The fourth-order valence-corrected chi connectivity index (χ4v) is 11.1. The van der Waals surface area contributed by atoms with Crippen LogP contribution in [-0.2, 0) is 25.7 Å². The van der Waals surface area contributed by atoms with E-state index in [1.807, 2.05) is 42.1 Å². The largest absolute Gasteiger partial charge is 0.458 e. The van der Waals surface area contributed by atoms with Crippen LogP contribution in [0.15, 0.2) is 25.3 Å². The highest BCUT2D eigenvalue weighted by atomic mass is 16.6. The van der Waals surface area contributed by atoms with Crippen LogP contribution in [0.5, 0.6) is 0 Å². The van der Waals surface area contributed by atoms with Crippen LogP contribution < -0.4 is 4.90 Å². The number of rotatable bonds is 9. The summed E-state index contributed by atoms with van der Waals surface area (Å²) >= 11 is 0. The maximum absolute atomic E-state index is 13.7. The Morgan fingerprint density at radius 2 is 1.80 bits per heavy atom. The lowest BCUT2D eigenvalue weighted by atomic mass is 9.42. The number of amides is 1. The molecule has 2 aliphatic heterocycles. The number of anilines is 1. The van der Waals surface area contributed by atoms with Crippen LogP contribution >= 0.6 is 0 Å². The summed E-state index contributed by atoms with van der Waals surface area (Å²) in [5.74, 6) is -0.165. The Morgan fingerprint density at radius 3 is 2.48 bits per heavy atom. The van der Waals surface area contributed by atoms with E-state index in [2.05, 4.69) is 45.4 Å². The average molecular weight is 749 g/mol. The van der Waals surface area contributed by atoms with Crippen molar-refractivity contribution in [2.75, 3.05) is 64.8 Å². The second-order valence-electron chi connectivity index (χ2n) is 17.8. The third-order valence-corrected chi connectivity index (χ3v) is 14.9. The van der Waals surface area contributed by atoms with Crippen LogP contribution in [0.1, 0.15) is 72.6 Å². The molecule has 0 radical (unpaired) electrons. The molecule has 0 aromatic carbocycles. The molecular weight excluding hydrogens is 688 g/mol. The van der Waals surface area contributed by atoms with Crippen molar-refractivity contribution in [3.63, 3.8) is 0 Å². The van der Waals surface area contributed by atoms with Gasteiger partial charge in [-0.3, -0.25) is 19.3 Å². The van der Waals surface area contributed by atoms with Crippen LogP contribution in [0, 0.1) is 28.1 Å². The van der Waals surface area contributed by atoms with Crippen LogP contribution in [0.2, 0.25) is 0 Å². The lowest BCUT2D eigenvalue weighted by Gasteiger charge is -2.64. The highest BCUT2D eigenvalue weighted by Gasteiger charge is 2.72. The quantitative estimate of drug-likeness (QED) is 0.286. The number of imidazole rings is 1. The lowest BCUT2D eigenvalue weighted by Crippen LogP contribution is -2.69. The highest BCUT2D eigenvalue weighted by Crippen LogP contribution is 2.69. The predicted molar refractivity (Wildman–Crippen MR) is 203 cm³/mol. The number of nitrogens with zero attached hydrogens (tertiary/aromatic N) is 8. The number of aryl methyl sites for hydroxylation is 1. The Labute approximate surface area is 318 Å². The number of aliphatic hydroxyl groups is 2. The Kier molecular flexibility index (Phi) is 10.2. The van der Waals surface area contributed by atoms with Crippen molar-refractivity contribution in [2.45, 2.75) is 103 Å². The number of fused-ring (bicyclic) bond motifs is 1. The van der Waals surface area contributed by atoms with E-state index < -0.39 is 45.9 Å². The zero-order valence-corrected chi connectivity index (χ0v) is 33.0. The molecule has 9 atom stereocenters. The van der Waals surface area contributed by atoms with E-state index in [0.717, 1.165) is 36.5 Å². The number of hydrogen-bond donors (Lipinski definition) is 2. The average Bonchev–Trinajstić information content (AvgIpc) is 3.90. The first kappa shape index (κ1) is 38.8. The number of aromatic nitrogens is 4. The number of piperazine rings is 1. The van der Waals surface area contributed by atoms with Gasteiger partial charge in [-0.05, 0) is 64.5 Å². The van der Waals surface area contributed by atoms with E-state index >= 15 is 0 Å². The molecule has 14 heteroatoms. The van der Waals surface area contributed by atoms with Gasteiger partial charge in [0.25, 0.3) is 0 Å². The topological polar surface area (TPSA) is 157 Å². The van der Waals surface area contributed by atoms with Gasteiger partial charge in [0.05, 0.1) is 25.1 Å². The van der Waals surface area contributed by atoms with Crippen molar-refractivity contribution in [2.24, 2.45) is 28.1 Å². The molecule has 2 bridgehead atoms. The summed E-state index contributed by atoms with van der Waals surface area (Å²) < 4.78 is 8.34. The Morgan fingerprint density at radius 1 is 1.06 bits per heavy atom. The molecule has 14 nitrogen and oxygen atoms in total. The molecule has 4 heterocycles. The molecular formula is C40H60N8O6. The summed E-state index contributed by atoms with van der Waals surface area (Å²) in [7, 11) is 4.20. The Balaban J connectivity index is 0.957. The number of ether oxygens (including phenoxy) is 1. The van der Waals surface area contributed by atoms with E-state index in [9.17, 15) is 24.6 Å². The number of ketones is 1. The van der Waals surface area contributed by atoms with Crippen LogP contribution in [0.25, 0.3) is 11.2 Å². The van der Waals surface area contributed by atoms with Crippen LogP contribution in [0.4, 0.5) is 5.82 Å². The number of Topliss-reactive ketones (excluding diaryl/α,β-unsaturated/α-hetero) is 1. The standard InChI is InChI=1S/C40H60N8O6/c1-8-37(3)21-29(50)39(5)33-28(49)9-12-40(33,26(2)34(37)53)14-13-38(39,4)54-31(52)23-45-17-19-46(20-18-45)30(51)11-16-48-25-43-32-35(41-24-42-36(32)48)47-15-10-27(22-47)44(6)7/h8,24-27,29,33-34,50,53H,1,9-23H2,2-7H3. The SMILES string of the molecule is C=CC1(C)CC(O)C2(C)C3C(=O)CCC3(CCC2(C)OC(=O)CN2CCN(C(=O)CCn3cnc4c(N5CCC(N(C)C)C5)ncnc43)CC2)C(C)C1O. The first-order valence-corrected chi connectivity index (χ1v) is 19.9. The number of aliphatic hydroxyl groups excluding tert-OH is 2. The van der Waals surface area contributed by atoms with Gasteiger partial charge < -0.3 is 34.2 Å². The first-order chi connectivity index (χ1) is 25.6. The second kappa shape index (κ2) is 14.2. The van der Waals surface area contributed by atoms with Crippen LogP contribution in [0.3, 0.4) is 0 Å². The van der Waals surface area contributed by atoms with Crippen molar-refractivity contribution >= 4 is 34.6 Å². The molecule has 3 aliphatic carbocycles. The summed E-state index contributed by atoms with van der Waals surface area (Å²) in [6.07, 6.45) is 7.04. The molecule has 9 unspecified atom stereocenters. The number of carbonyl (C=O) groups is 3.